The van der Waals surface area contributed by atoms with E-state index in [9.17, 15) is 4.79 Å². The van der Waals surface area contributed by atoms with E-state index in [2.05, 4.69) is 24.1 Å². The molecule has 0 bridgehead atoms. The molecule has 1 heterocycles. The monoisotopic (exact) mass is 248 g/mol. The van der Waals surface area contributed by atoms with E-state index in [1.165, 1.54) is 7.11 Å². The first kappa shape index (κ1) is 12.7. The van der Waals surface area contributed by atoms with Crippen LogP contribution in [-0.4, -0.2) is 31.2 Å². The molecule has 1 aliphatic heterocycles. The summed E-state index contributed by atoms with van der Waals surface area (Å²) in [7, 11) is 1.43. The van der Waals surface area contributed by atoms with Crippen LogP contribution in [0.5, 0.6) is 0 Å². The predicted molar refractivity (Wildman–Crippen MR) is 73.0 cm³/mol. The van der Waals surface area contributed by atoms with Crippen molar-refractivity contribution in [1.29, 1.82) is 0 Å². The maximum Gasteiger partial charge on any atom is 0.328 e. The fourth-order valence-corrected chi connectivity index (χ4v) is 2.39. The number of anilines is 2. The highest BCUT2D eigenvalue weighted by atomic mass is 16.5. The van der Waals surface area contributed by atoms with Gasteiger partial charge in [0.2, 0.25) is 0 Å². The van der Waals surface area contributed by atoms with E-state index >= 15 is 0 Å². The summed E-state index contributed by atoms with van der Waals surface area (Å²) in [5, 5.41) is 3.48. The molecule has 1 atom stereocenters. The van der Waals surface area contributed by atoms with Gasteiger partial charge in [-0.05, 0) is 32.9 Å². The summed E-state index contributed by atoms with van der Waals surface area (Å²) < 4.78 is 4.85. The number of ether oxygens (including phenoxy) is 1. The summed E-state index contributed by atoms with van der Waals surface area (Å²) in [6, 6.07) is 7.76. The van der Waals surface area contributed by atoms with E-state index in [0.717, 1.165) is 17.9 Å². The fraction of sp³-hybridized carbons (Fsp3) is 0.500. The number of carbonyl (C=O) groups excluding carboxylic acids is 1. The van der Waals surface area contributed by atoms with Crippen molar-refractivity contribution in [3.05, 3.63) is 24.3 Å². The Kier molecular flexibility index (Phi) is 3.20. The van der Waals surface area contributed by atoms with Crippen LogP contribution in [0.15, 0.2) is 24.3 Å². The predicted octanol–water partition coefficient (Wildman–Crippen LogP) is 2.26. The van der Waals surface area contributed by atoms with Gasteiger partial charge in [-0.1, -0.05) is 12.1 Å². The third kappa shape index (κ3) is 2.28. The van der Waals surface area contributed by atoms with Crippen molar-refractivity contribution < 1.29 is 9.53 Å². The number of nitrogens with one attached hydrogen (secondary N) is 1. The molecule has 1 N–H and O–H groups in total. The minimum absolute atomic E-state index is 0.0728. The second-order valence-corrected chi connectivity index (χ2v) is 5.35. The van der Waals surface area contributed by atoms with Gasteiger partial charge < -0.3 is 15.0 Å². The van der Waals surface area contributed by atoms with Gasteiger partial charge in [0.1, 0.15) is 6.04 Å². The Morgan fingerprint density at radius 1 is 1.44 bits per heavy atom. The number of esters is 1. The molecule has 18 heavy (non-hydrogen) atoms. The molecule has 2 rings (SSSR count). The van der Waals surface area contributed by atoms with Crippen LogP contribution in [0.2, 0.25) is 0 Å². The van der Waals surface area contributed by atoms with Crippen molar-refractivity contribution in [2.24, 2.45) is 0 Å². The molecule has 4 heteroatoms. The van der Waals surface area contributed by atoms with E-state index < -0.39 is 0 Å². The van der Waals surface area contributed by atoms with Crippen molar-refractivity contribution in [1.82, 2.24) is 0 Å². The van der Waals surface area contributed by atoms with Crippen molar-refractivity contribution >= 4 is 17.3 Å². The molecule has 0 fully saturated rings. The van der Waals surface area contributed by atoms with Crippen LogP contribution in [0, 0.1) is 0 Å². The standard InChI is InChI=1S/C14H20N2O2/c1-10(13(17)18-4)16-9-14(2,3)15-11-7-5-6-8-12(11)16/h5-8,10,15H,9H2,1-4H3. The number of hydrogen-bond acceptors (Lipinski definition) is 4. The van der Waals surface area contributed by atoms with Gasteiger partial charge in [-0.15, -0.1) is 0 Å². The van der Waals surface area contributed by atoms with E-state index in [-0.39, 0.29) is 17.6 Å². The first-order valence-electron chi connectivity index (χ1n) is 6.16. The number of para-hydroxylation sites is 2. The molecule has 1 aromatic carbocycles. The maximum absolute atomic E-state index is 11.7. The Morgan fingerprint density at radius 3 is 2.78 bits per heavy atom. The Labute approximate surface area is 108 Å². The largest absolute Gasteiger partial charge is 0.467 e. The van der Waals surface area contributed by atoms with Crippen LogP contribution in [0.25, 0.3) is 0 Å². The highest BCUT2D eigenvalue weighted by molar-refractivity contribution is 5.83. The van der Waals surface area contributed by atoms with Crippen molar-refractivity contribution in [2.75, 3.05) is 23.9 Å². The Hall–Kier alpha value is -1.71. The van der Waals surface area contributed by atoms with Gasteiger partial charge in [-0.2, -0.15) is 0 Å². The zero-order valence-corrected chi connectivity index (χ0v) is 11.4. The Morgan fingerprint density at radius 2 is 2.11 bits per heavy atom. The van der Waals surface area contributed by atoms with Gasteiger partial charge in [0.05, 0.1) is 18.5 Å². The smallest absolute Gasteiger partial charge is 0.328 e. The molecule has 1 unspecified atom stereocenters. The van der Waals surface area contributed by atoms with Crippen LogP contribution >= 0.6 is 0 Å². The molecular weight excluding hydrogens is 228 g/mol. The van der Waals surface area contributed by atoms with Gasteiger partial charge in [0.25, 0.3) is 0 Å². The average Bonchev–Trinajstić information content (AvgIpc) is 2.34. The third-order valence-corrected chi connectivity index (χ3v) is 3.26. The molecule has 0 aliphatic carbocycles. The number of hydrogen-bond donors (Lipinski definition) is 1. The molecule has 0 aromatic heterocycles. The summed E-state index contributed by atoms with van der Waals surface area (Å²) in [5.41, 5.74) is 2.04. The van der Waals surface area contributed by atoms with Crippen LogP contribution in [-0.2, 0) is 9.53 Å². The molecule has 1 aromatic rings. The second kappa shape index (κ2) is 4.52. The van der Waals surface area contributed by atoms with Crippen molar-refractivity contribution in [2.45, 2.75) is 32.4 Å². The number of carbonyl (C=O) groups is 1. The Balaban J connectivity index is 2.38. The van der Waals surface area contributed by atoms with Gasteiger partial charge in [-0.3, -0.25) is 0 Å². The highest BCUT2D eigenvalue weighted by Gasteiger charge is 2.34. The average molecular weight is 248 g/mol. The van der Waals surface area contributed by atoms with E-state index in [4.69, 9.17) is 4.74 Å². The molecule has 0 radical (unpaired) electrons. The lowest BCUT2D eigenvalue weighted by atomic mass is 9.98. The Bertz CT molecular complexity index is 457. The van der Waals surface area contributed by atoms with Crippen LogP contribution in [0.1, 0.15) is 20.8 Å². The molecule has 0 amide bonds. The van der Waals surface area contributed by atoms with Gasteiger partial charge >= 0.3 is 5.97 Å². The maximum atomic E-state index is 11.7. The normalized spacial score (nSPS) is 18.6. The number of benzene rings is 1. The minimum Gasteiger partial charge on any atom is -0.467 e. The second-order valence-electron chi connectivity index (χ2n) is 5.35. The highest BCUT2D eigenvalue weighted by Crippen LogP contribution is 2.35. The first-order valence-corrected chi connectivity index (χ1v) is 6.16. The zero-order chi connectivity index (χ0) is 13.3. The lowest BCUT2D eigenvalue weighted by Crippen LogP contribution is -2.53. The topological polar surface area (TPSA) is 41.6 Å². The zero-order valence-electron chi connectivity index (χ0n) is 11.4. The molecule has 4 nitrogen and oxygen atoms in total. The molecular formula is C14H20N2O2. The van der Waals surface area contributed by atoms with E-state index in [1.54, 1.807) is 0 Å². The fourth-order valence-electron chi connectivity index (χ4n) is 2.39. The minimum atomic E-state index is -0.280. The number of rotatable bonds is 2. The van der Waals surface area contributed by atoms with Gasteiger partial charge in [-0.25, -0.2) is 4.79 Å². The summed E-state index contributed by atoms with van der Waals surface area (Å²) in [4.78, 5) is 13.8. The SMILES string of the molecule is COC(=O)C(C)N1CC(C)(C)Nc2ccccc21. The first-order chi connectivity index (χ1) is 8.44. The van der Waals surface area contributed by atoms with Crippen LogP contribution < -0.4 is 10.2 Å². The van der Waals surface area contributed by atoms with E-state index in [0.29, 0.717) is 0 Å². The van der Waals surface area contributed by atoms with Crippen LogP contribution in [0.4, 0.5) is 11.4 Å². The van der Waals surface area contributed by atoms with E-state index in [1.807, 2.05) is 31.2 Å². The summed E-state index contributed by atoms with van der Waals surface area (Å²) in [6.45, 7) is 6.89. The lowest BCUT2D eigenvalue weighted by Gasteiger charge is -2.43. The molecule has 0 spiro atoms. The van der Waals surface area contributed by atoms with Crippen LogP contribution in [0.3, 0.4) is 0 Å². The number of fused-ring (bicyclic) bond motifs is 1. The quantitative estimate of drug-likeness (QED) is 0.815. The molecule has 0 saturated carbocycles. The van der Waals surface area contributed by atoms with Gasteiger partial charge in [0.15, 0.2) is 0 Å². The summed E-state index contributed by atoms with van der Waals surface area (Å²) in [6.07, 6.45) is 0. The molecule has 1 aliphatic rings. The summed E-state index contributed by atoms with van der Waals surface area (Å²) >= 11 is 0. The summed E-state index contributed by atoms with van der Waals surface area (Å²) in [5.74, 6) is -0.206. The number of nitrogens with zero attached hydrogens (tertiary/aromatic N) is 1. The molecule has 0 saturated heterocycles. The number of methoxy groups -OCH3 is 1. The van der Waals surface area contributed by atoms with Gasteiger partial charge in [0, 0.05) is 12.1 Å². The lowest BCUT2D eigenvalue weighted by molar-refractivity contribution is -0.141. The molecule has 98 valence electrons. The van der Waals surface area contributed by atoms with Crippen molar-refractivity contribution in [3.63, 3.8) is 0 Å². The van der Waals surface area contributed by atoms with Crippen molar-refractivity contribution in [3.8, 4) is 0 Å². The third-order valence-electron chi connectivity index (χ3n) is 3.26.